The zero-order valence-electron chi connectivity index (χ0n) is 14.5. The smallest absolute Gasteiger partial charge is 0.0633 e. The Hall–Kier alpha value is -0.610. The lowest BCUT2D eigenvalue weighted by molar-refractivity contribution is 0.112. The van der Waals surface area contributed by atoms with Gasteiger partial charge in [-0.15, -0.1) is 12.4 Å². The molecule has 0 bridgehead atoms. The lowest BCUT2D eigenvalue weighted by Crippen LogP contribution is -2.47. The largest absolute Gasteiger partial charge is 0.394 e. The summed E-state index contributed by atoms with van der Waals surface area (Å²) in [5.41, 5.74) is 7.91. The highest BCUT2D eigenvalue weighted by Crippen LogP contribution is 2.15. The van der Waals surface area contributed by atoms with Gasteiger partial charge in [-0.2, -0.15) is 0 Å². The van der Waals surface area contributed by atoms with E-state index in [2.05, 4.69) is 31.2 Å². The van der Waals surface area contributed by atoms with E-state index in [1.165, 1.54) is 43.2 Å². The molecule has 0 saturated carbocycles. The molecule has 0 saturated heterocycles. The fourth-order valence-corrected chi connectivity index (χ4v) is 2.66. The lowest BCUT2D eigenvalue weighted by atomic mass is 9.94. The van der Waals surface area contributed by atoms with E-state index in [9.17, 15) is 0 Å². The van der Waals surface area contributed by atoms with Gasteiger partial charge in [0.2, 0.25) is 0 Å². The first kappa shape index (κ1) is 22.4. The van der Waals surface area contributed by atoms with Gasteiger partial charge in [0.05, 0.1) is 18.8 Å². The van der Waals surface area contributed by atoms with Crippen molar-refractivity contribution in [2.45, 2.75) is 70.3 Å². The summed E-state index contributed by atoms with van der Waals surface area (Å²) in [6.07, 6.45) is 10.1. The average molecular weight is 344 g/mol. The van der Waals surface area contributed by atoms with Crippen LogP contribution in [0.3, 0.4) is 0 Å². The summed E-state index contributed by atoms with van der Waals surface area (Å²) in [6.45, 7) is 1.91. The monoisotopic (exact) mass is 343 g/mol. The number of benzene rings is 1. The fourth-order valence-electron chi connectivity index (χ4n) is 2.66. The zero-order chi connectivity index (χ0) is 16.3. The molecule has 0 amide bonds. The molecule has 4 heteroatoms. The summed E-state index contributed by atoms with van der Waals surface area (Å²) in [4.78, 5) is 0. The van der Waals surface area contributed by atoms with Crippen LogP contribution in [-0.2, 0) is 12.8 Å². The number of hydrogen-bond acceptors (Lipinski definition) is 3. The minimum absolute atomic E-state index is 0. The number of rotatable bonds is 12. The van der Waals surface area contributed by atoms with E-state index < -0.39 is 5.54 Å². The van der Waals surface area contributed by atoms with Crippen LogP contribution < -0.4 is 5.73 Å². The van der Waals surface area contributed by atoms with Crippen molar-refractivity contribution in [3.63, 3.8) is 0 Å². The number of halogens is 1. The van der Waals surface area contributed by atoms with Gasteiger partial charge in [0.25, 0.3) is 0 Å². The normalized spacial score (nSPS) is 11.3. The van der Waals surface area contributed by atoms with Gasteiger partial charge in [0, 0.05) is 0 Å². The summed E-state index contributed by atoms with van der Waals surface area (Å²) in [6, 6.07) is 8.97. The van der Waals surface area contributed by atoms with Crippen LogP contribution in [-0.4, -0.2) is 29.0 Å². The molecule has 0 aliphatic rings. The van der Waals surface area contributed by atoms with Gasteiger partial charge in [0.15, 0.2) is 0 Å². The molecule has 134 valence electrons. The van der Waals surface area contributed by atoms with E-state index in [-0.39, 0.29) is 25.6 Å². The third-order valence-electron chi connectivity index (χ3n) is 4.45. The van der Waals surface area contributed by atoms with E-state index in [0.717, 1.165) is 19.3 Å². The van der Waals surface area contributed by atoms with Crippen molar-refractivity contribution in [2.24, 2.45) is 5.73 Å². The standard InChI is InChI=1S/C19H33NO2.ClH/c1-2-17-10-12-18(13-11-17)9-7-5-3-4-6-8-14-19(20,15-21)16-22;/h10-13,21-22H,2-9,14-16,20H2,1H3;1H. The highest BCUT2D eigenvalue weighted by atomic mass is 35.5. The van der Waals surface area contributed by atoms with Crippen molar-refractivity contribution in [2.75, 3.05) is 13.2 Å². The maximum absolute atomic E-state index is 9.11. The summed E-state index contributed by atoms with van der Waals surface area (Å²) < 4.78 is 0. The number of aliphatic hydroxyl groups is 2. The molecular formula is C19H34ClNO2. The van der Waals surface area contributed by atoms with Crippen LogP contribution in [0.15, 0.2) is 24.3 Å². The van der Waals surface area contributed by atoms with Crippen molar-refractivity contribution >= 4 is 12.4 Å². The van der Waals surface area contributed by atoms with Crippen molar-refractivity contribution in [3.05, 3.63) is 35.4 Å². The summed E-state index contributed by atoms with van der Waals surface area (Å²) >= 11 is 0. The molecule has 0 aliphatic heterocycles. The molecule has 1 aromatic rings. The Morgan fingerprint density at radius 2 is 1.30 bits per heavy atom. The molecule has 0 aliphatic carbocycles. The van der Waals surface area contributed by atoms with Crippen molar-refractivity contribution < 1.29 is 10.2 Å². The van der Waals surface area contributed by atoms with Crippen molar-refractivity contribution in [1.82, 2.24) is 0 Å². The predicted octanol–water partition coefficient (Wildman–Crippen LogP) is 3.63. The lowest BCUT2D eigenvalue weighted by Gasteiger charge is -2.24. The first-order chi connectivity index (χ1) is 10.6. The molecule has 0 heterocycles. The molecule has 1 rings (SSSR count). The minimum atomic E-state index is -0.787. The second-order valence-electron chi connectivity index (χ2n) is 6.47. The molecule has 1 aromatic carbocycles. The Morgan fingerprint density at radius 3 is 1.83 bits per heavy atom. The number of aryl methyl sites for hydroxylation is 2. The maximum Gasteiger partial charge on any atom is 0.0633 e. The van der Waals surface area contributed by atoms with Crippen molar-refractivity contribution in [3.8, 4) is 0 Å². The van der Waals surface area contributed by atoms with Crippen LogP contribution in [0, 0.1) is 0 Å². The summed E-state index contributed by atoms with van der Waals surface area (Å²) in [7, 11) is 0. The SMILES string of the molecule is CCc1ccc(CCCCCCCCC(N)(CO)CO)cc1.Cl. The number of nitrogens with two attached hydrogens (primary N) is 1. The number of hydrogen-bond donors (Lipinski definition) is 3. The molecule has 0 unspecified atom stereocenters. The molecule has 0 atom stereocenters. The van der Waals surface area contributed by atoms with Crippen LogP contribution in [0.5, 0.6) is 0 Å². The molecule has 0 aromatic heterocycles. The summed E-state index contributed by atoms with van der Waals surface area (Å²) in [5.74, 6) is 0. The molecule has 4 N–H and O–H groups in total. The molecule has 0 fully saturated rings. The quantitative estimate of drug-likeness (QED) is 0.508. The maximum atomic E-state index is 9.11. The molecule has 0 spiro atoms. The molecular weight excluding hydrogens is 310 g/mol. The van der Waals surface area contributed by atoms with Crippen LogP contribution >= 0.6 is 12.4 Å². The molecule has 3 nitrogen and oxygen atoms in total. The van der Waals surface area contributed by atoms with E-state index in [1.54, 1.807) is 0 Å². The first-order valence-electron chi connectivity index (χ1n) is 8.72. The number of unbranched alkanes of at least 4 members (excludes halogenated alkanes) is 5. The highest BCUT2D eigenvalue weighted by molar-refractivity contribution is 5.85. The van der Waals surface area contributed by atoms with Gasteiger partial charge in [0.1, 0.15) is 0 Å². The van der Waals surface area contributed by atoms with Gasteiger partial charge < -0.3 is 15.9 Å². The van der Waals surface area contributed by atoms with E-state index in [4.69, 9.17) is 15.9 Å². The third kappa shape index (κ3) is 9.31. The second-order valence-corrected chi connectivity index (χ2v) is 6.47. The van der Waals surface area contributed by atoms with Gasteiger partial charge in [-0.25, -0.2) is 0 Å². The van der Waals surface area contributed by atoms with E-state index >= 15 is 0 Å². The van der Waals surface area contributed by atoms with Gasteiger partial charge >= 0.3 is 0 Å². The van der Waals surface area contributed by atoms with Crippen LogP contribution in [0.1, 0.15) is 63.0 Å². The Labute approximate surface area is 147 Å². The van der Waals surface area contributed by atoms with Crippen LogP contribution in [0.25, 0.3) is 0 Å². The highest BCUT2D eigenvalue weighted by Gasteiger charge is 2.21. The zero-order valence-corrected chi connectivity index (χ0v) is 15.3. The van der Waals surface area contributed by atoms with Crippen LogP contribution in [0.4, 0.5) is 0 Å². The average Bonchev–Trinajstić information content (AvgIpc) is 2.57. The second kappa shape index (κ2) is 12.8. The Kier molecular flexibility index (Phi) is 12.4. The van der Waals surface area contributed by atoms with Crippen molar-refractivity contribution in [1.29, 1.82) is 0 Å². The van der Waals surface area contributed by atoms with Gasteiger partial charge in [-0.1, -0.05) is 63.3 Å². The van der Waals surface area contributed by atoms with E-state index in [1.807, 2.05) is 0 Å². The van der Waals surface area contributed by atoms with Gasteiger partial charge in [-0.3, -0.25) is 0 Å². The van der Waals surface area contributed by atoms with Crippen LogP contribution in [0.2, 0.25) is 0 Å². The summed E-state index contributed by atoms with van der Waals surface area (Å²) in [5, 5.41) is 18.2. The molecule has 23 heavy (non-hydrogen) atoms. The Balaban J connectivity index is 0.00000484. The first-order valence-corrected chi connectivity index (χ1v) is 8.72. The third-order valence-corrected chi connectivity index (χ3v) is 4.45. The Bertz CT molecular complexity index is 391. The predicted molar refractivity (Wildman–Crippen MR) is 100 cm³/mol. The molecule has 0 radical (unpaired) electrons. The Morgan fingerprint density at radius 1 is 0.826 bits per heavy atom. The topological polar surface area (TPSA) is 66.5 Å². The fraction of sp³-hybridized carbons (Fsp3) is 0.684. The number of aliphatic hydroxyl groups excluding tert-OH is 2. The van der Waals surface area contributed by atoms with E-state index in [0.29, 0.717) is 6.42 Å². The van der Waals surface area contributed by atoms with Gasteiger partial charge in [-0.05, 0) is 36.8 Å². The minimum Gasteiger partial charge on any atom is -0.394 e.